The van der Waals surface area contributed by atoms with Gasteiger partial charge in [0, 0.05) is 10.6 Å². The summed E-state index contributed by atoms with van der Waals surface area (Å²) in [5.74, 6) is -0.213. The smallest absolute Gasteiger partial charge is 0.252 e. The molecule has 1 aliphatic rings. The molecule has 0 aromatic heterocycles. The van der Waals surface area contributed by atoms with Gasteiger partial charge in [-0.25, -0.2) is 0 Å². The van der Waals surface area contributed by atoms with Crippen LogP contribution < -0.4 is 5.32 Å². The molecule has 0 radical (unpaired) electrons. The lowest BCUT2D eigenvalue weighted by atomic mass is 9.85. The zero-order chi connectivity index (χ0) is 14.4. The van der Waals surface area contributed by atoms with E-state index in [2.05, 4.69) is 11.4 Å². The number of hydrogen-bond donors (Lipinski definition) is 1. The third-order valence-corrected chi connectivity index (χ3v) is 4.10. The number of nitrogens with one attached hydrogen (secondary N) is 1. The topological polar surface area (TPSA) is 52.9 Å². The van der Waals surface area contributed by atoms with Crippen molar-refractivity contribution in [3.05, 3.63) is 34.9 Å². The summed E-state index contributed by atoms with van der Waals surface area (Å²) in [7, 11) is 0. The minimum atomic E-state index is -0.722. The molecule has 1 aromatic carbocycles. The SMILES string of the molecule is N#CC1(NC(=O)c2cccc(Cl)c2)CCCCCCC1. The molecular weight excluding hydrogens is 272 g/mol. The molecule has 1 fully saturated rings. The molecule has 0 atom stereocenters. The molecule has 0 bridgehead atoms. The van der Waals surface area contributed by atoms with Gasteiger partial charge in [-0.1, -0.05) is 49.8 Å². The van der Waals surface area contributed by atoms with Crippen molar-refractivity contribution >= 4 is 17.5 Å². The van der Waals surface area contributed by atoms with Crippen LogP contribution in [0.1, 0.15) is 55.3 Å². The van der Waals surface area contributed by atoms with Crippen molar-refractivity contribution in [2.75, 3.05) is 0 Å². The van der Waals surface area contributed by atoms with Crippen molar-refractivity contribution < 1.29 is 4.79 Å². The highest BCUT2D eigenvalue weighted by Gasteiger charge is 2.32. The van der Waals surface area contributed by atoms with Gasteiger partial charge in [-0.2, -0.15) is 5.26 Å². The number of benzene rings is 1. The first-order chi connectivity index (χ1) is 9.65. The Hall–Kier alpha value is -1.53. The zero-order valence-electron chi connectivity index (χ0n) is 11.5. The van der Waals surface area contributed by atoms with Gasteiger partial charge in [0.25, 0.3) is 5.91 Å². The van der Waals surface area contributed by atoms with Gasteiger partial charge in [0.1, 0.15) is 5.54 Å². The maximum Gasteiger partial charge on any atom is 0.252 e. The average molecular weight is 291 g/mol. The molecule has 1 saturated carbocycles. The van der Waals surface area contributed by atoms with E-state index in [4.69, 9.17) is 11.6 Å². The van der Waals surface area contributed by atoms with Gasteiger partial charge in [-0.15, -0.1) is 0 Å². The standard InChI is InChI=1S/C16H19ClN2O/c17-14-8-6-7-13(11-14)15(20)19-16(12-18)9-4-2-1-3-5-10-16/h6-8,11H,1-5,9-10H2,(H,19,20). The molecule has 4 heteroatoms. The second-order valence-electron chi connectivity index (χ2n) is 5.43. The Bertz CT molecular complexity index is 513. The largest absolute Gasteiger partial charge is 0.334 e. The van der Waals surface area contributed by atoms with Gasteiger partial charge in [0.05, 0.1) is 6.07 Å². The summed E-state index contributed by atoms with van der Waals surface area (Å²) in [6, 6.07) is 9.16. The number of amides is 1. The molecule has 20 heavy (non-hydrogen) atoms. The van der Waals surface area contributed by atoms with Crippen molar-refractivity contribution in [2.24, 2.45) is 0 Å². The van der Waals surface area contributed by atoms with Gasteiger partial charge in [-0.3, -0.25) is 4.79 Å². The highest BCUT2D eigenvalue weighted by molar-refractivity contribution is 6.30. The van der Waals surface area contributed by atoms with Crippen molar-refractivity contribution in [1.82, 2.24) is 5.32 Å². The monoisotopic (exact) mass is 290 g/mol. The van der Waals surface area contributed by atoms with Gasteiger partial charge in [-0.05, 0) is 31.0 Å². The van der Waals surface area contributed by atoms with Crippen LogP contribution in [0, 0.1) is 11.3 Å². The van der Waals surface area contributed by atoms with Crippen molar-refractivity contribution in [1.29, 1.82) is 5.26 Å². The molecule has 1 aromatic rings. The fourth-order valence-corrected chi connectivity index (χ4v) is 2.88. The van der Waals surface area contributed by atoms with Crippen LogP contribution >= 0.6 is 11.6 Å². The summed E-state index contributed by atoms with van der Waals surface area (Å²) in [6.07, 6.45) is 6.94. The van der Waals surface area contributed by atoms with Crippen molar-refractivity contribution in [2.45, 2.75) is 50.5 Å². The van der Waals surface area contributed by atoms with Crippen LogP contribution in [0.15, 0.2) is 24.3 Å². The molecule has 106 valence electrons. The Labute approximate surface area is 124 Å². The predicted octanol–water partition coefficient (Wildman–Crippen LogP) is 4.08. The number of hydrogen-bond acceptors (Lipinski definition) is 2. The van der Waals surface area contributed by atoms with E-state index in [1.54, 1.807) is 24.3 Å². The maximum absolute atomic E-state index is 12.3. The second-order valence-corrected chi connectivity index (χ2v) is 5.86. The van der Waals surface area contributed by atoms with Crippen LogP contribution in [-0.2, 0) is 0 Å². The van der Waals surface area contributed by atoms with Gasteiger partial charge in [0.2, 0.25) is 0 Å². The Kier molecular flexibility index (Phi) is 5.03. The minimum absolute atomic E-state index is 0.213. The molecule has 1 N–H and O–H groups in total. The molecule has 0 unspecified atom stereocenters. The lowest BCUT2D eigenvalue weighted by molar-refractivity contribution is 0.0907. The quantitative estimate of drug-likeness (QED) is 0.892. The lowest BCUT2D eigenvalue weighted by Gasteiger charge is -2.29. The fourth-order valence-electron chi connectivity index (χ4n) is 2.69. The Morgan fingerprint density at radius 1 is 1.20 bits per heavy atom. The molecule has 3 nitrogen and oxygen atoms in total. The molecule has 0 spiro atoms. The second kappa shape index (κ2) is 6.76. The summed E-state index contributed by atoms with van der Waals surface area (Å²) in [5.41, 5.74) is -0.214. The van der Waals surface area contributed by atoms with E-state index in [1.807, 2.05) is 0 Å². The Morgan fingerprint density at radius 3 is 2.45 bits per heavy atom. The molecule has 0 saturated heterocycles. The van der Waals surface area contributed by atoms with E-state index in [-0.39, 0.29) is 5.91 Å². The molecule has 0 heterocycles. The van der Waals surface area contributed by atoms with Crippen LogP contribution in [0.5, 0.6) is 0 Å². The fraction of sp³-hybridized carbons (Fsp3) is 0.500. The first-order valence-electron chi connectivity index (χ1n) is 7.15. The average Bonchev–Trinajstić information content (AvgIpc) is 2.42. The number of carbonyl (C=O) groups excluding carboxylic acids is 1. The predicted molar refractivity (Wildman–Crippen MR) is 79.6 cm³/mol. The van der Waals surface area contributed by atoms with Crippen molar-refractivity contribution in [3.63, 3.8) is 0 Å². The summed E-state index contributed by atoms with van der Waals surface area (Å²) in [5, 5.41) is 13.0. The summed E-state index contributed by atoms with van der Waals surface area (Å²) in [6.45, 7) is 0. The van der Waals surface area contributed by atoms with Gasteiger partial charge >= 0.3 is 0 Å². The van der Waals surface area contributed by atoms with Crippen LogP contribution in [0.2, 0.25) is 5.02 Å². The molecule has 1 amide bonds. The first-order valence-corrected chi connectivity index (χ1v) is 7.52. The highest BCUT2D eigenvalue weighted by atomic mass is 35.5. The van der Waals surface area contributed by atoms with E-state index < -0.39 is 5.54 Å². The molecule has 1 aliphatic carbocycles. The minimum Gasteiger partial charge on any atom is -0.334 e. The van der Waals surface area contributed by atoms with E-state index in [0.717, 1.165) is 38.5 Å². The summed E-state index contributed by atoms with van der Waals surface area (Å²) in [4.78, 5) is 12.3. The van der Waals surface area contributed by atoms with Crippen LogP contribution in [0.4, 0.5) is 0 Å². The third-order valence-electron chi connectivity index (χ3n) is 3.86. The third kappa shape index (κ3) is 3.74. The lowest BCUT2D eigenvalue weighted by Crippen LogP contribution is -2.47. The maximum atomic E-state index is 12.3. The van der Waals surface area contributed by atoms with Gasteiger partial charge < -0.3 is 5.32 Å². The normalized spacial score (nSPS) is 18.4. The molecule has 2 rings (SSSR count). The first kappa shape index (κ1) is 14.9. The van der Waals surface area contributed by atoms with E-state index in [1.165, 1.54) is 6.42 Å². The molecule has 0 aliphatic heterocycles. The summed E-state index contributed by atoms with van der Waals surface area (Å²) < 4.78 is 0. The molecular formula is C16H19ClN2O. The number of nitriles is 1. The number of halogens is 1. The van der Waals surface area contributed by atoms with Crippen LogP contribution in [0.3, 0.4) is 0 Å². The number of carbonyl (C=O) groups is 1. The number of nitrogens with zero attached hydrogens (tertiary/aromatic N) is 1. The van der Waals surface area contributed by atoms with Crippen molar-refractivity contribution in [3.8, 4) is 6.07 Å². The van der Waals surface area contributed by atoms with E-state index >= 15 is 0 Å². The van der Waals surface area contributed by atoms with E-state index in [9.17, 15) is 10.1 Å². The van der Waals surface area contributed by atoms with Crippen LogP contribution in [0.25, 0.3) is 0 Å². The van der Waals surface area contributed by atoms with Gasteiger partial charge in [0.15, 0.2) is 0 Å². The Morgan fingerprint density at radius 2 is 1.85 bits per heavy atom. The number of rotatable bonds is 2. The highest BCUT2D eigenvalue weighted by Crippen LogP contribution is 2.26. The Balaban J connectivity index is 2.12. The van der Waals surface area contributed by atoms with Crippen LogP contribution in [-0.4, -0.2) is 11.4 Å². The zero-order valence-corrected chi connectivity index (χ0v) is 12.2. The summed E-state index contributed by atoms with van der Waals surface area (Å²) >= 11 is 5.90. The van der Waals surface area contributed by atoms with E-state index in [0.29, 0.717) is 10.6 Å².